The molecule has 170 valence electrons. The Morgan fingerprint density at radius 3 is 2.52 bits per heavy atom. The van der Waals surface area contributed by atoms with Crippen LogP contribution in [-0.2, 0) is 11.3 Å². The molecule has 1 amide bonds. The summed E-state index contributed by atoms with van der Waals surface area (Å²) in [6.45, 7) is 3.65. The Kier molecular flexibility index (Phi) is 6.74. The van der Waals surface area contributed by atoms with Gasteiger partial charge in [0, 0.05) is 11.2 Å². The lowest BCUT2D eigenvalue weighted by Gasteiger charge is -2.31. The minimum Gasteiger partial charge on any atom is -0.494 e. The van der Waals surface area contributed by atoms with E-state index in [2.05, 4.69) is 4.98 Å². The largest absolute Gasteiger partial charge is 0.494 e. The molecule has 6 nitrogen and oxygen atoms in total. The first-order valence-corrected chi connectivity index (χ1v) is 11.7. The summed E-state index contributed by atoms with van der Waals surface area (Å²) in [5.74, 6) is 0.834. The van der Waals surface area contributed by atoms with Crippen LogP contribution >= 0.6 is 34.5 Å². The van der Waals surface area contributed by atoms with Crippen LogP contribution in [0.4, 0.5) is 5.13 Å². The van der Waals surface area contributed by atoms with Crippen LogP contribution in [-0.4, -0.2) is 28.6 Å². The van der Waals surface area contributed by atoms with E-state index in [1.807, 2.05) is 18.2 Å². The molecule has 0 unspecified atom stereocenters. The summed E-state index contributed by atoms with van der Waals surface area (Å²) in [6.07, 6.45) is 1.69. The summed E-state index contributed by atoms with van der Waals surface area (Å²) >= 11 is 13.7. The average molecular weight is 502 g/mol. The molecule has 0 radical (unpaired) electrons. The average Bonchev–Trinajstić information content (AvgIpc) is 3.25. The molecule has 2 aromatic carbocycles. The van der Waals surface area contributed by atoms with Crippen molar-refractivity contribution in [2.75, 3.05) is 12.0 Å². The van der Waals surface area contributed by atoms with E-state index in [1.54, 1.807) is 68.5 Å². The van der Waals surface area contributed by atoms with Crippen LogP contribution < -0.4 is 14.4 Å². The van der Waals surface area contributed by atoms with Crippen LogP contribution in [0.5, 0.6) is 11.5 Å². The van der Waals surface area contributed by atoms with Crippen molar-refractivity contribution in [2.24, 2.45) is 0 Å². The van der Waals surface area contributed by atoms with Crippen molar-refractivity contribution in [3.8, 4) is 11.5 Å². The van der Waals surface area contributed by atoms with Gasteiger partial charge < -0.3 is 9.47 Å². The normalized spacial score (nSPS) is 11.4. The van der Waals surface area contributed by atoms with Gasteiger partial charge in [0.05, 0.1) is 29.1 Å². The van der Waals surface area contributed by atoms with Gasteiger partial charge in [-0.3, -0.25) is 14.7 Å². The number of pyridine rings is 1. The van der Waals surface area contributed by atoms with Crippen molar-refractivity contribution in [1.29, 1.82) is 0 Å². The first kappa shape index (κ1) is 23.3. The van der Waals surface area contributed by atoms with Crippen molar-refractivity contribution in [3.05, 3.63) is 76.5 Å². The standard InChI is InChI=1S/C24H21Cl2N3O3S/c1-24(2,32-17-9-7-15(25)8-10-17)22(30)29(14-16-6-4-5-13-27-16)23-28-20-19(31-3)12-11-18(26)21(20)33-23/h4-13H,14H2,1-3H3. The molecule has 4 rings (SSSR count). The molecule has 33 heavy (non-hydrogen) atoms. The number of hydrogen-bond donors (Lipinski definition) is 0. The number of carbonyl (C=O) groups is 1. The summed E-state index contributed by atoms with van der Waals surface area (Å²) in [4.78, 5) is 24.5. The second-order valence-corrected chi connectivity index (χ2v) is 9.52. The van der Waals surface area contributed by atoms with Crippen LogP contribution in [0.25, 0.3) is 10.2 Å². The molecule has 2 heterocycles. The molecule has 2 aromatic heterocycles. The molecular formula is C24H21Cl2N3O3S. The van der Waals surface area contributed by atoms with Gasteiger partial charge in [-0.25, -0.2) is 4.98 Å². The molecular weight excluding hydrogens is 481 g/mol. The van der Waals surface area contributed by atoms with Crippen molar-refractivity contribution in [1.82, 2.24) is 9.97 Å². The van der Waals surface area contributed by atoms with E-state index in [-0.39, 0.29) is 12.5 Å². The Morgan fingerprint density at radius 1 is 1.09 bits per heavy atom. The van der Waals surface area contributed by atoms with Crippen LogP contribution in [0.15, 0.2) is 60.8 Å². The highest BCUT2D eigenvalue weighted by Gasteiger charge is 2.37. The monoisotopic (exact) mass is 501 g/mol. The van der Waals surface area contributed by atoms with Gasteiger partial charge in [-0.1, -0.05) is 40.6 Å². The first-order chi connectivity index (χ1) is 15.8. The Balaban J connectivity index is 1.75. The third kappa shape index (κ3) is 5.05. The van der Waals surface area contributed by atoms with E-state index in [4.69, 9.17) is 37.7 Å². The zero-order valence-corrected chi connectivity index (χ0v) is 20.5. The first-order valence-electron chi connectivity index (χ1n) is 10.1. The molecule has 0 saturated carbocycles. The van der Waals surface area contributed by atoms with E-state index in [0.29, 0.717) is 37.9 Å². The number of thiazole rings is 1. The summed E-state index contributed by atoms with van der Waals surface area (Å²) < 4.78 is 12.2. The van der Waals surface area contributed by atoms with Crippen molar-refractivity contribution >= 4 is 55.8 Å². The lowest BCUT2D eigenvalue weighted by atomic mass is 10.1. The third-order valence-corrected chi connectivity index (χ3v) is 6.68. The smallest absolute Gasteiger partial charge is 0.272 e. The van der Waals surface area contributed by atoms with Gasteiger partial charge in [0.25, 0.3) is 5.91 Å². The number of aromatic nitrogens is 2. The minimum absolute atomic E-state index is 0.215. The maximum absolute atomic E-state index is 13.8. The van der Waals surface area contributed by atoms with Crippen LogP contribution in [0.2, 0.25) is 10.0 Å². The number of nitrogens with zero attached hydrogens (tertiary/aromatic N) is 3. The lowest BCUT2D eigenvalue weighted by molar-refractivity contribution is -0.131. The van der Waals surface area contributed by atoms with Gasteiger partial charge >= 0.3 is 0 Å². The Morgan fingerprint density at radius 2 is 1.85 bits per heavy atom. The van der Waals surface area contributed by atoms with Gasteiger partial charge in [-0.15, -0.1) is 0 Å². The quantitative estimate of drug-likeness (QED) is 0.293. The summed E-state index contributed by atoms with van der Waals surface area (Å²) in [6, 6.07) is 15.9. The number of anilines is 1. The van der Waals surface area contributed by atoms with E-state index in [1.165, 1.54) is 11.3 Å². The molecule has 0 fully saturated rings. The Bertz CT molecular complexity index is 1280. The highest BCUT2D eigenvalue weighted by Crippen LogP contribution is 2.39. The fourth-order valence-electron chi connectivity index (χ4n) is 3.27. The fraction of sp³-hybridized carbons (Fsp3) is 0.208. The Labute approximate surface area is 205 Å². The molecule has 0 aliphatic rings. The number of carbonyl (C=O) groups excluding carboxylic acids is 1. The van der Waals surface area contributed by atoms with Crippen LogP contribution in [0, 0.1) is 0 Å². The number of methoxy groups -OCH3 is 1. The van der Waals surface area contributed by atoms with Crippen molar-refractivity contribution in [3.63, 3.8) is 0 Å². The molecule has 0 N–H and O–H groups in total. The van der Waals surface area contributed by atoms with E-state index in [9.17, 15) is 4.79 Å². The van der Waals surface area contributed by atoms with E-state index in [0.717, 1.165) is 4.70 Å². The zero-order chi connectivity index (χ0) is 23.6. The van der Waals surface area contributed by atoms with Gasteiger partial charge in [-0.05, 0) is 62.4 Å². The third-order valence-electron chi connectivity index (χ3n) is 4.89. The second kappa shape index (κ2) is 9.55. The highest BCUT2D eigenvalue weighted by molar-refractivity contribution is 7.23. The maximum Gasteiger partial charge on any atom is 0.272 e. The molecule has 0 bridgehead atoms. The topological polar surface area (TPSA) is 64.5 Å². The molecule has 0 spiro atoms. The molecule has 0 aliphatic carbocycles. The molecule has 0 atom stereocenters. The second-order valence-electron chi connectivity index (χ2n) is 7.70. The fourth-order valence-corrected chi connectivity index (χ4v) is 4.65. The van der Waals surface area contributed by atoms with E-state index >= 15 is 0 Å². The number of ether oxygens (including phenoxy) is 2. The number of rotatable bonds is 7. The highest BCUT2D eigenvalue weighted by atomic mass is 35.5. The summed E-state index contributed by atoms with van der Waals surface area (Å²) in [7, 11) is 1.57. The van der Waals surface area contributed by atoms with Crippen LogP contribution in [0.3, 0.4) is 0 Å². The van der Waals surface area contributed by atoms with E-state index < -0.39 is 5.60 Å². The number of halogens is 2. The zero-order valence-electron chi connectivity index (χ0n) is 18.2. The number of fused-ring (bicyclic) bond motifs is 1. The number of amides is 1. The van der Waals surface area contributed by atoms with Gasteiger partial charge in [-0.2, -0.15) is 0 Å². The van der Waals surface area contributed by atoms with Crippen molar-refractivity contribution in [2.45, 2.75) is 26.0 Å². The molecule has 0 saturated heterocycles. The number of hydrogen-bond acceptors (Lipinski definition) is 6. The van der Waals surface area contributed by atoms with Gasteiger partial charge in [0.2, 0.25) is 0 Å². The minimum atomic E-state index is -1.20. The Hall–Kier alpha value is -2.87. The predicted molar refractivity (Wildman–Crippen MR) is 133 cm³/mol. The van der Waals surface area contributed by atoms with Gasteiger partial charge in [0.1, 0.15) is 17.0 Å². The number of benzene rings is 2. The SMILES string of the molecule is COc1ccc(Cl)c2sc(N(Cc3ccccn3)C(=O)C(C)(C)Oc3ccc(Cl)cc3)nc12. The van der Waals surface area contributed by atoms with Gasteiger partial charge in [0.15, 0.2) is 10.7 Å². The lowest BCUT2D eigenvalue weighted by Crippen LogP contribution is -2.49. The molecule has 0 aliphatic heterocycles. The molecule has 9 heteroatoms. The summed E-state index contributed by atoms with van der Waals surface area (Å²) in [5, 5.41) is 1.60. The van der Waals surface area contributed by atoms with Crippen LogP contribution in [0.1, 0.15) is 19.5 Å². The predicted octanol–water partition coefficient (Wildman–Crippen LogP) is 6.40. The van der Waals surface area contributed by atoms with Crippen molar-refractivity contribution < 1.29 is 14.3 Å². The molecule has 4 aromatic rings. The summed E-state index contributed by atoms with van der Waals surface area (Å²) in [5.41, 5.74) is 0.111. The maximum atomic E-state index is 13.8.